The van der Waals surface area contributed by atoms with Crippen LogP contribution in [0.25, 0.3) is 0 Å². The van der Waals surface area contributed by atoms with Gasteiger partial charge in [-0.05, 0) is 31.1 Å². The summed E-state index contributed by atoms with van der Waals surface area (Å²) in [7, 11) is 0. The van der Waals surface area contributed by atoms with E-state index in [0.717, 1.165) is 18.8 Å². The third kappa shape index (κ3) is 4.34. The summed E-state index contributed by atoms with van der Waals surface area (Å²) in [5.74, 6) is 1.61. The van der Waals surface area contributed by atoms with Crippen LogP contribution in [-0.4, -0.2) is 36.0 Å². The molecule has 0 spiro atoms. The van der Waals surface area contributed by atoms with Crippen LogP contribution in [0.15, 0.2) is 0 Å². The molecule has 2 atom stereocenters. The van der Waals surface area contributed by atoms with Crippen LogP contribution in [0.5, 0.6) is 0 Å². The van der Waals surface area contributed by atoms with Crippen molar-refractivity contribution >= 4 is 17.7 Å². The summed E-state index contributed by atoms with van der Waals surface area (Å²) < 4.78 is 0. The summed E-state index contributed by atoms with van der Waals surface area (Å²) in [4.78, 5) is 12.0. The molecule has 1 heterocycles. The summed E-state index contributed by atoms with van der Waals surface area (Å²) >= 11 is 1.74. The van der Waals surface area contributed by atoms with Crippen LogP contribution in [0.2, 0.25) is 0 Å². The van der Waals surface area contributed by atoms with Crippen molar-refractivity contribution in [2.75, 3.05) is 18.8 Å². The fourth-order valence-electron chi connectivity index (χ4n) is 2.01. The summed E-state index contributed by atoms with van der Waals surface area (Å²) in [6.45, 7) is 8.21. The first kappa shape index (κ1) is 13.8. The minimum Gasteiger partial charge on any atom is -0.354 e. The second-order valence-electron chi connectivity index (χ2n) is 4.66. The molecule has 1 aliphatic rings. The van der Waals surface area contributed by atoms with Crippen LogP contribution in [0.1, 0.15) is 33.6 Å². The fourth-order valence-corrected chi connectivity index (χ4v) is 2.98. The van der Waals surface area contributed by atoms with Crippen LogP contribution < -0.4 is 10.6 Å². The summed E-state index contributed by atoms with van der Waals surface area (Å²) in [6.07, 6.45) is 2.42. The van der Waals surface area contributed by atoms with Crippen molar-refractivity contribution in [2.24, 2.45) is 5.92 Å². The molecule has 0 saturated carbocycles. The lowest BCUT2D eigenvalue weighted by atomic mass is 10.1. The lowest BCUT2D eigenvalue weighted by Gasteiger charge is -2.20. The minimum atomic E-state index is 0.103. The number of thioether (sulfide) groups is 1. The van der Waals surface area contributed by atoms with Crippen molar-refractivity contribution < 1.29 is 4.79 Å². The highest BCUT2D eigenvalue weighted by molar-refractivity contribution is 8.00. The zero-order valence-corrected chi connectivity index (χ0v) is 11.4. The van der Waals surface area contributed by atoms with Gasteiger partial charge in [-0.3, -0.25) is 4.79 Å². The Morgan fingerprint density at radius 1 is 1.56 bits per heavy atom. The Labute approximate surface area is 103 Å². The first-order valence-electron chi connectivity index (χ1n) is 6.27. The number of nitrogens with one attached hydrogen (secondary N) is 2. The molecule has 4 heteroatoms. The van der Waals surface area contributed by atoms with Crippen LogP contribution in [0.4, 0.5) is 0 Å². The van der Waals surface area contributed by atoms with Gasteiger partial charge in [0.2, 0.25) is 5.91 Å². The Bertz CT molecular complexity index is 215. The average molecular weight is 244 g/mol. The normalized spacial score (nSPS) is 22.4. The highest BCUT2D eigenvalue weighted by Crippen LogP contribution is 2.19. The molecule has 1 aliphatic heterocycles. The maximum Gasteiger partial charge on any atom is 0.233 e. The number of hydrogen-bond acceptors (Lipinski definition) is 3. The van der Waals surface area contributed by atoms with Crippen LogP contribution in [0.3, 0.4) is 0 Å². The molecule has 0 radical (unpaired) electrons. The molecule has 94 valence electrons. The highest BCUT2D eigenvalue weighted by Gasteiger charge is 2.23. The van der Waals surface area contributed by atoms with Gasteiger partial charge in [-0.1, -0.05) is 20.8 Å². The average Bonchev–Trinajstić information content (AvgIpc) is 2.75. The standard InChI is InChI=1S/C12H24N2OS/c1-4-16-11(9(2)3)12(15)14-8-10-6-5-7-13-10/h9-11,13H,4-8H2,1-3H3,(H,14,15). The van der Waals surface area contributed by atoms with E-state index in [-0.39, 0.29) is 11.2 Å². The van der Waals surface area contributed by atoms with E-state index in [2.05, 4.69) is 31.4 Å². The molecule has 16 heavy (non-hydrogen) atoms. The van der Waals surface area contributed by atoms with Gasteiger partial charge in [0.25, 0.3) is 0 Å². The lowest BCUT2D eigenvalue weighted by molar-refractivity contribution is -0.121. The molecule has 0 aromatic rings. The van der Waals surface area contributed by atoms with Gasteiger partial charge in [-0.25, -0.2) is 0 Å². The second-order valence-corrected chi connectivity index (χ2v) is 6.08. The Kier molecular flexibility index (Phi) is 6.21. The van der Waals surface area contributed by atoms with Gasteiger partial charge < -0.3 is 10.6 Å². The maximum atomic E-state index is 12.0. The van der Waals surface area contributed by atoms with E-state index >= 15 is 0 Å². The number of rotatable bonds is 6. The zero-order chi connectivity index (χ0) is 12.0. The number of hydrogen-bond donors (Lipinski definition) is 2. The molecule has 1 amide bonds. The molecule has 0 aromatic heterocycles. The van der Waals surface area contributed by atoms with Gasteiger partial charge in [0, 0.05) is 12.6 Å². The molecule has 1 fully saturated rings. The highest BCUT2D eigenvalue weighted by atomic mass is 32.2. The van der Waals surface area contributed by atoms with Gasteiger partial charge >= 0.3 is 0 Å². The van der Waals surface area contributed by atoms with Gasteiger partial charge in [-0.15, -0.1) is 11.8 Å². The smallest absolute Gasteiger partial charge is 0.233 e. The SMILES string of the molecule is CCSC(C(=O)NCC1CCCN1)C(C)C. The van der Waals surface area contributed by atoms with E-state index < -0.39 is 0 Å². The van der Waals surface area contributed by atoms with Crippen molar-refractivity contribution in [3.05, 3.63) is 0 Å². The molecule has 2 N–H and O–H groups in total. The van der Waals surface area contributed by atoms with Gasteiger partial charge in [-0.2, -0.15) is 0 Å². The molecule has 0 bridgehead atoms. The quantitative estimate of drug-likeness (QED) is 0.746. The van der Waals surface area contributed by atoms with Crippen molar-refractivity contribution in [1.82, 2.24) is 10.6 Å². The molecule has 1 saturated heterocycles. The third-order valence-corrected chi connectivity index (χ3v) is 4.35. The number of carbonyl (C=O) groups excluding carboxylic acids is 1. The van der Waals surface area contributed by atoms with E-state index in [4.69, 9.17) is 0 Å². The number of amides is 1. The van der Waals surface area contributed by atoms with Crippen molar-refractivity contribution in [2.45, 2.75) is 44.9 Å². The summed E-state index contributed by atoms with van der Waals surface area (Å²) in [6, 6.07) is 0.489. The van der Waals surface area contributed by atoms with E-state index in [1.165, 1.54) is 12.8 Å². The third-order valence-electron chi connectivity index (χ3n) is 2.90. The van der Waals surface area contributed by atoms with Crippen molar-refractivity contribution in [1.29, 1.82) is 0 Å². The van der Waals surface area contributed by atoms with Gasteiger partial charge in [0.15, 0.2) is 0 Å². The Balaban J connectivity index is 2.30. The first-order valence-corrected chi connectivity index (χ1v) is 7.32. The van der Waals surface area contributed by atoms with Crippen molar-refractivity contribution in [3.63, 3.8) is 0 Å². The Morgan fingerprint density at radius 2 is 2.31 bits per heavy atom. The minimum absolute atomic E-state index is 0.103. The molecular weight excluding hydrogens is 220 g/mol. The molecule has 3 nitrogen and oxygen atoms in total. The largest absolute Gasteiger partial charge is 0.354 e. The first-order chi connectivity index (χ1) is 7.65. The predicted octanol–water partition coefficient (Wildman–Crippen LogP) is 1.63. The van der Waals surface area contributed by atoms with Crippen molar-refractivity contribution in [3.8, 4) is 0 Å². The van der Waals surface area contributed by atoms with Crippen LogP contribution in [-0.2, 0) is 4.79 Å². The molecule has 1 rings (SSSR count). The van der Waals surface area contributed by atoms with E-state index in [1.807, 2.05) is 0 Å². The van der Waals surface area contributed by atoms with Crippen LogP contribution in [0, 0.1) is 5.92 Å². The second kappa shape index (κ2) is 7.17. The Hall–Kier alpha value is -0.220. The topological polar surface area (TPSA) is 41.1 Å². The van der Waals surface area contributed by atoms with E-state index in [0.29, 0.717) is 12.0 Å². The summed E-state index contributed by atoms with van der Waals surface area (Å²) in [5.41, 5.74) is 0. The van der Waals surface area contributed by atoms with Crippen LogP contribution >= 0.6 is 11.8 Å². The monoisotopic (exact) mass is 244 g/mol. The summed E-state index contributed by atoms with van der Waals surface area (Å²) in [5, 5.41) is 6.56. The van der Waals surface area contributed by atoms with E-state index in [9.17, 15) is 4.79 Å². The van der Waals surface area contributed by atoms with Gasteiger partial charge in [0.05, 0.1) is 5.25 Å². The molecular formula is C12H24N2OS. The van der Waals surface area contributed by atoms with E-state index in [1.54, 1.807) is 11.8 Å². The van der Waals surface area contributed by atoms with Gasteiger partial charge in [0.1, 0.15) is 0 Å². The predicted molar refractivity (Wildman–Crippen MR) is 70.8 cm³/mol. The lowest BCUT2D eigenvalue weighted by Crippen LogP contribution is -2.42. The molecule has 2 unspecified atom stereocenters. The molecule has 0 aromatic carbocycles. The fraction of sp³-hybridized carbons (Fsp3) is 0.917. The molecule has 0 aliphatic carbocycles. The number of carbonyl (C=O) groups is 1. The zero-order valence-electron chi connectivity index (χ0n) is 10.6. The maximum absolute atomic E-state index is 12.0. The Morgan fingerprint density at radius 3 is 2.81 bits per heavy atom.